The fourth-order valence-corrected chi connectivity index (χ4v) is 2.43. The van der Waals surface area contributed by atoms with Gasteiger partial charge in [-0.2, -0.15) is 13.2 Å². The molecule has 0 radical (unpaired) electrons. The Bertz CT molecular complexity index is 993. The van der Waals surface area contributed by atoms with Gasteiger partial charge in [0.2, 0.25) is 0 Å². The maximum absolute atomic E-state index is 12.7. The first-order valence-electron chi connectivity index (χ1n) is 6.88. The summed E-state index contributed by atoms with van der Waals surface area (Å²) in [5.74, 6) is 0.0952. The number of aromatic nitrogens is 2. The first kappa shape index (κ1) is 16.3. The molecule has 0 atom stereocenters. The van der Waals surface area contributed by atoms with Crippen molar-refractivity contribution >= 4 is 33.6 Å². The van der Waals surface area contributed by atoms with Crippen molar-refractivity contribution in [2.75, 3.05) is 0 Å². The van der Waals surface area contributed by atoms with E-state index < -0.39 is 11.7 Å². The highest BCUT2D eigenvalue weighted by atomic mass is 35.5. The first-order valence-corrected chi connectivity index (χ1v) is 7.26. The number of aromatic amines is 1. The molecule has 3 aromatic rings. The zero-order valence-electron chi connectivity index (χ0n) is 12.1. The lowest BCUT2D eigenvalue weighted by Crippen LogP contribution is -2.10. The molecule has 0 saturated heterocycles. The summed E-state index contributed by atoms with van der Waals surface area (Å²) in [7, 11) is 0. The van der Waals surface area contributed by atoms with E-state index >= 15 is 0 Å². The highest BCUT2D eigenvalue weighted by Crippen LogP contribution is 2.30. The third kappa shape index (κ3) is 3.33. The van der Waals surface area contributed by atoms with Gasteiger partial charge in [0, 0.05) is 0 Å². The van der Waals surface area contributed by atoms with E-state index in [9.17, 15) is 18.0 Å². The number of para-hydroxylation sites is 1. The SMILES string of the molecule is O=c1[nH]c(C(Cl)=Cc2cccc(C(F)(F)F)c2)nc2ccccc12. The van der Waals surface area contributed by atoms with E-state index in [1.165, 1.54) is 18.2 Å². The molecule has 3 rings (SSSR count). The topological polar surface area (TPSA) is 45.8 Å². The quantitative estimate of drug-likeness (QED) is 0.729. The van der Waals surface area contributed by atoms with E-state index in [-0.39, 0.29) is 22.0 Å². The summed E-state index contributed by atoms with van der Waals surface area (Å²) in [6.07, 6.45) is -3.12. The Hall–Kier alpha value is -2.60. The van der Waals surface area contributed by atoms with Crippen molar-refractivity contribution in [3.63, 3.8) is 0 Å². The van der Waals surface area contributed by atoms with Crippen LogP contribution in [0.15, 0.2) is 53.3 Å². The molecular formula is C17H10ClF3N2O. The molecule has 0 spiro atoms. The number of H-pyrrole nitrogens is 1. The molecular weight excluding hydrogens is 341 g/mol. The molecule has 7 heteroatoms. The fourth-order valence-electron chi connectivity index (χ4n) is 2.22. The van der Waals surface area contributed by atoms with Crippen LogP contribution < -0.4 is 5.56 Å². The van der Waals surface area contributed by atoms with E-state index in [1.54, 1.807) is 24.3 Å². The van der Waals surface area contributed by atoms with Gasteiger partial charge in [-0.05, 0) is 35.9 Å². The molecule has 24 heavy (non-hydrogen) atoms. The summed E-state index contributed by atoms with van der Waals surface area (Å²) in [4.78, 5) is 18.8. The molecule has 1 heterocycles. The Balaban J connectivity index is 2.04. The monoisotopic (exact) mass is 350 g/mol. The van der Waals surface area contributed by atoms with Crippen LogP contribution in [-0.2, 0) is 6.18 Å². The van der Waals surface area contributed by atoms with Crippen molar-refractivity contribution in [3.8, 4) is 0 Å². The molecule has 1 N–H and O–H groups in total. The third-order valence-corrected chi connectivity index (χ3v) is 3.63. The fraction of sp³-hybridized carbons (Fsp3) is 0.0588. The Kier molecular flexibility index (Phi) is 4.15. The standard InChI is InChI=1S/C17H10ClF3N2O/c18-13(9-10-4-3-5-11(8-10)17(19,20)21)15-22-14-7-2-1-6-12(14)16(24)23-15/h1-9H,(H,22,23,24). The predicted molar refractivity (Wildman–Crippen MR) is 87.5 cm³/mol. The van der Waals surface area contributed by atoms with E-state index in [0.29, 0.717) is 10.9 Å². The summed E-state index contributed by atoms with van der Waals surface area (Å²) < 4.78 is 38.2. The lowest BCUT2D eigenvalue weighted by Gasteiger charge is -2.07. The summed E-state index contributed by atoms with van der Waals surface area (Å²) in [6, 6.07) is 11.4. The number of halogens is 4. The second-order valence-electron chi connectivity index (χ2n) is 5.05. The maximum atomic E-state index is 12.7. The number of alkyl halides is 3. The van der Waals surface area contributed by atoms with Crippen LogP contribution in [0.5, 0.6) is 0 Å². The van der Waals surface area contributed by atoms with Gasteiger partial charge in [0.15, 0.2) is 5.82 Å². The number of benzene rings is 2. The minimum absolute atomic E-state index is 0.0391. The number of rotatable bonds is 2. The molecule has 3 nitrogen and oxygen atoms in total. The van der Waals surface area contributed by atoms with Crippen LogP contribution in [0.1, 0.15) is 17.0 Å². The van der Waals surface area contributed by atoms with Gasteiger partial charge >= 0.3 is 6.18 Å². The first-order chi connectivity index (χ1) is 11.3. The molecule has 0 aliphatic rings. The van der Waals surface area contributed by atoms with E-state index in [2.05, 4.69) is 9.97 Å². The van der Waals surface area contributed by atoms with E-state index in [0.717, 1.165) is 12.1 Å². The van der Waals surface area contributed by atoms with Gasteiger partial charge in [0.25, 0.3) is 5.56 Å². The van der Waals surface area contributed by atoms with E-state index in [1.807, 2.05) is 0 Å². The molecule has 0 fully saturated rings. The molecule has 0 unspecified atom stereocenters. The number of nitrogens with zero attached hydrogens (tertiary/aromatic N) is 1. The number of hydrogen-bond donors (Lipinski definition) is 1. The Labute approximate surface area is 139 Å². The summed E-state index contributed by atoms with van der Waals surface area (Å²) in [5, 5.41) is 0.446. The van der Waals surface area contributed by atoms with Crippen molar-refractivity contribution < 1.29 is 13.2 Å². The van der Waals surface area contributed by atoms with Crippen molar-refractivity contribution in [1.82, 2.24) is 9.97 Å². The Morgan fingerprint density at radius 2 is 1.88 bits per heavy atom. The minimum Gasteiger partial charge on any atom is -0.305 e. The normalized spacial score (nSPS) is 12.6. The summed E-state index contributed by atoms with van der Waals surface area (Å²) >= 11 is 6.13. The number of hydrogen-bond acceptors (Lipinski definition) is 2. The summed E-state index contributed by atoms with van der Waals surface area (Å²) in [5.41, 5.74) is -0.440. The van der Waals surface area contributed by atoms with Crippen LogP contribution >= 0.6 is 11.6 Å². The van der Waals surface area contributed by atoms with Gasteiger partial charge < -0.3 is 4.98 Å². The molecule has 0 aliphatic carbocycles. The van der Waals surface area contributed by atoms with Crippen LogP contribution in [0.4, 0.5) is 13.2 Å². The molecule has 2 aromatic carbocycles. The van der Waals surface area contributed by atoms with Crippen molar-refractivity contribution in [2.45, 2.75) is 6.18 Å². The van der Waals surface area contributed by atoms with Gasteiger partial charge in [-0.25, -0.2) is 4.98 Å². The molecule has 1 aromatic heterocycles. The smallest absolute Gasteiger partial charge is 0.305 e. The van der Waals surface area contributed by atoms with Gasteiger partial charge in [0.1, 0.15) is 0 Å². The van der Waals surface area contributed by atoms with Gasteiger partial charge in [-0.15, -0.1) is 0 Å². The largest absolute Gasteiger partial charge is 0.416 e. The Morgan fingerprint density at radius 1 is 1.12 bits per heavy atom. The van der Waals surface area contributed by atoms with Gasteiger partial charge in [-0.3, -0.25) is 4.79 Å². The van der Waals surface area contributed by atoms with Crippen molar-refractivity contribution in [2.24, 2.45) is 0 Å². The predicted octanol–water partition coefficient (Wildman–Crippen LogP) is 4.68. The zero-order valence-corrected chi connectivity index (χ0v) is 12.8. The van der Waals surface area contributed by atoms with Crippen LogP contribution in [0, 0.1) is 0 Å². The average molecular weight is 351 g/mol. The molecule has 0 aliphatic heterocycles. The summed E-state index contributed by atoms with van der Waals surface area (Å²) in [6.45, 7) is 0. The minimum atomic E-state index is -4.44. The molecule has 0 bridgehead atoms. The van der Waals surface area contributed by atoms with Gasteiger partial charge in [0.05, 0.1) is 21.5 Å². The van der Waals surface area contributed by atoms with E-state index in [4.69, 9.17) is 11.6 Å². The highest BCUT2D eigenvalue weighted by Gasteiger charge is 2.30. The van der Waals surface area contributed by atoms with Crippen LogP contribution in [0.3, 0.4) is 0 Å². The number of nitrogens with one attached hydrogen (secondary N) is 1. The third-order valence-electron chi connectivity index (χ3n) is 3.35. The van der Waals surface area contributed by atoms with Crippen molar-refractivity contribution in [3.05, 3.63) is 75.8 Å². The van der Waals surface area contributed by atoms with Crippen LogP contribution in [0.2, 0.25) is 0 Å². The Morgan fingerprint density at radius 3 is 2.62 bits per heavy atom. The average Bonchev–Trinajstić information content (AvgIpc) is 2.54. The van der Waals surface area contributed by atoms with Gasteiger partial charge in [-0.1, -0.05) is 35.9 Å². The van der Waals surface area contributed by atoms with Crippen LogP contribution in [-0.4, -0.2) is 9.97 Å². The lowest BCUT2D eigenvalue weighted by atomic mass is 10.1. The maximum Gasteiger partial charge on any atom is 0.416 e. The second kappa shape index (κ2) is 6.13. The molecule has 122 valence electrons. The molecule has 0 saturated carbocycles. The van der Waals surface area contributed by atoms with Crippen molar-refractivity contribution in [1.29, 1.82) is 0 Å². The molecule has 0 amide bonds. The number of fused-ring (bicyclic) bond motifs is 1. The zero-order chi connectivity index (χ0) is 17.3. The highest BCUT2D eigenvalue weighted by molar-refractivity contribution is 6.50. The second-order valence-corrected chi connectivity index (χ2v) is 5.45. The van der Waals surface area contributed by atoms with Crippen LogP contribution in [0.25, 0.3) is 22.0 Å². The lowest BCUT2D eigenvalue weighted by molar-refractivity contribution is -0.137.